The summed E-state index contributed by atoms with van der Waals surface area (Å²) < 4.78 is 0. The van der Waals surface area contributed by atoms with Gasteiger partial charge in [0.15, 0.2) is 0 Å². The molecule has 0 aromatic rings. The summed E-state index contributed by atoms with van der Waals surface area (Å²) in [6.45, 7) is 0.736. The molecular weight excluding hydrogens is 240 g/mol. The summed E-state index contributed by atoms with van der Waals surface area (Å²) in [5, 5.41) is 3.07. The van der Waals surface area contributed by atoms with Gasteiger partial charge in [-0.05, 0) is 31.6 Å². The Morgan fingerprint density at radius 1 is 1.16 bits per heavy atom. The number of nitrogens with one attached hydrogen (secondary N) is 1. The summed E-state index contributed by atoms with van der Waals surface area (Å²) in [4.78, 5) is 25.8. The molecule has 0 radical (unpaired) electrons. The predicted molar refractivity (Wildman–Crippen MR) is 72.5 cm³/mol. The van der Waals surface area contributed by atoms with Crippen molar-refractivity contribution in [2.75, 3.05) is 6.54 Å². The van der Waals surface area contributed by atoms with Crippen LogP contribution in [0.3, 0.4) is 0 Å². The first-order valence-electron chi connectivity index (χ1n) is 7.81. The minimum absolute atomic E-state index is 0.0594. The summed E-state index contributed by atoms with van der Waals surface area (Å²) in [6.07, 6.45) is 9.73. The average molecular weight is 264 g/mol. The number of carbonyl (C=O) groups excluding carboxylic acids is 2. The van der Waals surface area contributed by atoms with Crippen LogP contribution in [0.5, 0.6) is 0 Å². The number of likely N-dealkylation sites (tertiary alicyclic amines) is 1. The zero-order chi connectivity index (χ0) is 13.2. The number of nitrogens with zero attached hydrogens (tertiary/aromatic N) is 1. The molecule has 3 fully saturated rings. The Labute approximate surface area is 114 Å². The Hall–Kier alpha value is -1.06. The molecule has 1 N–H and O–H groups in total. The van der Waals surface area contributed by atoms with E-state index in [1.807, 2.05) is 4.90 Å². The second-order valence-corrected chi connectivity index (χ2v) is 6.45. The van der Waals surface area contributed by atoms with Crippen molar-refractivity contribution in [3.63, 3.8) is 0 Å². The Kier molecular flexibility index (Phi) is 3.76. The fraction of sp³-hybridized carbons (Fsp3) is 0.867. The lowest BCUT2D eigenvalue weighted by molar-refractivity contribution is -0.128. The normalized spacial score (nSPS) is 28.7. The molecule has 106 valence electrons. The zero-order valence-corrected chi connectivity index (χ0v) is 11.6. The van der Waals surface area contributed by atoms with Gasteiger partial charge in [0.2, 0.25) is 11.8 Å². The maximum absolute atomic E-state index is 12.0. The molecule has 1 saturated heterocycles. The molecule has 3 rings (SSSR count). The summed E-state index contributed by atoms with van der Waals surface area (Å²) in [7, 11) is 0. The van der Waals surface area contributed by atoms with Gasteiger partial charge in [-0.25, -0.2) is 0 Å². The third-order valence-electron chi connectivity index (χ3n) is 4.71. The van der Waals surface area contributed by atoms with Crippen LogP contribution in [0.25, 0.3) is 0 Å². The van der Waals surface area contributed by atoms with Gasteiger partial charge in [0, 0.05) is 25.4 Å². The second-order valence-electron chi connectivity index (χ2n) is 6.45. The minimum atomic E-state index is 0.0594. The Morgan fingerprint density at radius 3 is 2.58 bits per heavy atom. The van der Waals surface area contributed by atoms with E-state index in [0.717, 1.165) is 19.4 Å². The molecule has 0 spiro atoms. The molecule has 2 aliphatic carbocycles. The van der Waals surface area contributed by atoms with Gasteiger partial charge < -0.3 is 10.2 Å². The van der Waals surface area contributed by atoms with Crippen molar-refractivity contribution < 1.29 is 9.59 Å². The minimum Gasteiger partial charge on any atom is -0.351 e. The van der Waals surface area contributed by atoms with E-state index in [4.69, 9.17) is 0 Å². The number of carbonyl (C=O) groups is 2. The van der Waals surface area contributed by atoms with Gasteiger partial charge in [0.25, 0.3) is 0 Å². The highest BCUT2D eigenvalue weighted by molar-refractivity contribution is 5.82. The van der Waals surface area contributed by atoms with Crippen LogP contribution in [0.15, 0.2) is 0 Å². The maximum atomic E-state index is 12.0. The monoisotopic (exact) mass is 264 g/mol. The summed E-state index contributed by atoms with van der Waals surface area (Å²) in [5.74, 6) is 0.957. The van der Waals surface area contributed by atoms with Gasteiger partial charge >= 0.3 is 0 Å². The highest BCUT2D eigenvalue weighted by atomic mass is 16.2. The lowest BCUT2D eigenvalue weighted by atomic mass is 9.87. The first-order chi connectivity index (χ1) is 9.22. The van der Waals surface area contributed by atoms with E-state index in [9.17, 15) is 9.59 Å². The maximum Gasteiger partial charge on any atom is 0.225 e. The van der Waals surface area contributed by atoms with Crippen molar-refractivity contribution in [1.29, 1.82) is 0 Å². The predicted octanol–water partition coefficient (Wildman–Crippen LogP) is 1.84. The van der Waals surface area contributed by atoms with E-state index in [2.05, 4.69) is 5.32 Å². The molecule has 1 unspecified atom stereocenters. The van der Waals surface area contributed by atoms with Crippen LogP contribution >= 0.6 is 0 Å². The van der Waals surface area contributed by atoms with Crippen LogP contribution in [0.1, 0.15) is 57.8 Å². The van der Waals surface area contributed by atoms with E-state index >= 15 is 0 Å². The quantitative estimate of drug-likeness (QED) is 0.842. The Balaban J connectivity index is 1.43. The zero-order valence-electron chi connectivity index (χ0n) is 11.6. The number of amides is 2. The fourth-order valence-electron chi connectivity index (χ4n) is 3.51. The van der Waals surface area contributed by atoms with Crippen LogP contribution in [0.2, 0.25) is 0 Å². The van der Waals surface area contributed by atoms with Gasteiger partial charge in [0.1, 0.15) is 0 Å². The van der Waals surface area contributed by atoms with Crippen molar-refractivity contribution in [2.24, 2.45) is 5.92 Å². The van der Waals surface area contributed by atoms with Gasteiger partial charge in [-0.1, -0.05) is 19.3 Å². The lowest BCUT2D eigenvalue weighted by Crippen LogP contribution is -2.38. The topological polar surface area (TPSA) is 49.4 Å². The number of hydrogen-bond donors (Lipinski definition) is 1. The van der Waals surface area contributed by atoms with Crippen molar-refractivity contribution in [3.8, 4) is 0 Å². The molecule has 1 heterocycles. The molecule has 0 bridgehead atoms. The molecule has 1 atom stereocenters. The van der Waals surface area contributed by atoms with Crippen LogP contribution in [-0.2, 0) is 9.59 Å². The fourth-order valence-corrected chi connectivity index (χ4v) is 3.51. The second kappa shape index (κ2) is 5.51. The first kappa shape index (κ1) is 12.9. The molecular formula is C15H24N2O2. The molecule has 0 aromatic carbocycles. The van der Waals surface area contributed by atoms with Gasteiger partial charge in [0.05, 0.1) is 6.04 Å². The molecule has 4 nitrogen and oxygen atoms in total. The summed E-state index contributed by atoms with van der Waals surface area (Å²) >= 11 is 0. The van der Waals surface area contributed by atoms with Crippen molar-refractivity contribution in [2.45, 2.75) is 69.9 Å². The number of rotatable bonds is 4. The molecule has 2 amide bonds. The number of hydrogen-bond acceptors (Lipinski definition) is 2. The van der Waals surface area contributed by atoms with Gasteiger partial charge in [-0.15, -0.1) is 0 Å². The highest BCUT2D eigenvalue weighted by Gasteiger charge is 2.39. The smallest absolute Gasteiger partial charge is 0.225 e. The van der Waals surface area contributed by atoms with Crippen molar-refractivity contribution in [1.82, 2.24) is 10.2 Å². The largest absolute Gasteiger partial charge is 0.351 e. The van der Waals surface area contributed by atoms with E-state index in [0.29, 0.717) is 24.8 Å². The van der Waals surface area contributed by atoms with Crippen LogP contribution in [0.4, 0.5) is 0 Å². The van der Waals surface area contributed by atoms with Gasteiger partial charge in [-0.2, -0.15) is 0 Å². The van der Waals surface area contributed by atoms with Gasteiger partial charge in [-0.3, -0.25) is 9.59 Å². The molecule has 19 heavy (non-hydrogen) atoms. The lowest BCUT2D eigenvalue weighted by Gasteiger charge is -2.22. The Morgan fingerprint density at radius 2 is 1.89 bits per heavy atom. The first-order valence-corrected chi connectivity index (χ1v) is 7.81. The standard InChI is InChI=1S/C15H24N2O2/c18-14(8-11-4-2-1-3-5-11)16-12-9-15(19)17(10-12)13-6-7-13/h11-13H,1-10H2,(H,16,18). The van der Waals surface area contributed by atoms with Crippen LogP contribution in [0, 0.1) is 5.92 Å². The van der Waals surface area contributed by atoms with E-state index in [1.165, 1.54) is 32.1 Å². The van der Waals surface area contributed by atoms with Crippen LogP contribution in [-0.4, -0.2) is 35.3 Å². The molecule has 1 aliphatic heterocycles. The van der Waals surface area contributed by atoms with E-state index in [-0.39, 0.29) is 17.9 Å². The Bertz CT molecular complexity index is 359. The van der Waals surface area contributed by atoms with Crippen molar-refractivity contribution >= 4 is 11.8 Å². The van der Waals surface area contributed by atoms with Crippen LogP contribution < -0.4 is 5.32 Å². The highest BCUT2D eigenvalue weighted by Crippen LogP contribution is 2.31. The van der Waals surface area contributed by atoms with E-state index < -0.39 is 0 Å². The molecule has 2 saturated carbocycles. The molecule has 4 heteroatoms. The third kappa shape index (κ3) is 3.28. The summed E-state index contributed by atoms with van der Waals surface area (Å²) in [5.41, 5.74) is 0. The molecule has 3 aliphatic rings. The SMILES string of the molecule is O=C(CC1CCCCC1)NC1CC(=O)N(C2CC2)C1. The summed E-state index contributed by atoms with van der Waals surface area (Å²) in [6, 6.07) is 0.539. The molecule has 0 aromatic heterocycles. The average Bonchev–Trinajstić information content (AvgIpc) is 3.15. The van der Waals surface area contributed by atoms with E-state index in [1.54, 1.807) is 0 Å². The third-order valence-corrected chi connectivity index (χ3v) is 4.71. The van der Waals surface area contributed by atoms with Crippen molar-refractivity contribution in [3.05, 3.63) is 0 Å².